The van der Waals surface area contributed by atoms with Crippen molar-refractivity contribution in [1.82, 2.24) is 10.6 Å². The fourth-order valence-corrected chi connectivity index (χ4v) is 3.45. The molecule has 0 saturated heterocycles. The smallest absolute Gasteiger partial charge is 0.407 e. The van der Waals surface area contributed by atoms with Crippen molar-refractivity contribution in [1.29, 1.82) is 0 Å². The van der Waals surface area contributed by atoms with Gasteiger partial charge in [-0.15, -0.1) is 0 Å². The van der Waals surface area contributed by atoms with E-state index >= 15 is 0 Å². The number of carbonyl (C=O) groups is 1. The summed E-state index contributed by atoms with van der Waals surface area (Å²) < 4.78 is 5.36. The van der Waals surface area contributed by atoms with Gasteiger partial charge in [0.2, 0.25) is 0 Å². The molecule has 4 heteroatoms. The van der Waals surface area contributed by atoms with E-state index in [9.17, 15) is 4.79 Å². The number of amides is 1. The molecule has 0 bridgehead atoms. The number of hydrogen-bond acceptors (Lipinski definition) is 3. The molecule has 1 amide bonds. The van der Waals surface area contributed by atoms with Gasteiger partial charge in [0.05, 0.1) is 0 Å². The van der Waals surface area contributed by atoms with Crippen LogP contribution in [0.1, 0.15) is 73.1 Å². The van der Waals surface area contributed by atoms with E-state index in [4.69, 9.17) is 4.74 Å². The van der Waals surface area contributed by atoms with Crippen molar-refractivity contribution in [2.45, 2.75) is 90.8 Å². The quantitative estimate of drug-likeness (QED) is 0.811. The lowest BCUT2D eigenvalue weighted by atomic mass is 9.88. The van der Waals surface area contributed by atoms with E-state index in [0.717, 1.165) is 25.3 Å². The van der Waals surface area contributed by atoms with Crippen molar-refractivity contribution >= 4 is 6.09 Å². The predicted molar refractivity (Wildman–Crippen MR) is 89.9 cm³/mol. The molecule has 0 aromatic rings. The summed E-state index contributed by atoms with van der Waals surface area (Å²) in [5, 5.41) is 6.80. The van der Waals surface area contributed by atoms with Crippen molar-refractivity contribution in [3.63, 3.8) is 0 Å². The van der Waals surface area contributed by atoms with Gasteiger partial charge in [-0.2, -0.15) is 0 Å². The van der Waals surface area contributed by atoms with Crippen LogP contribution in [0.15, 0.2) is 0 Å². The largest absolute Gasteiger partial charge is 0.444 e. The van der Waals surface area contributed by atoms with Gasteiger partial charge in [0.1, 0.15) is 5.60 Å². The number of hydrogen-bond donors (Lipinski definition) is 2. The molecular formula is C18H34N2O2. The van der Waals surface area contributed by atoms with Crippen LogP contribution in [0.2, 0.25) is 0 Å². The van der Waals surface area contributed by atoms with Gasteiger partial charge in [-0.05, 0) is 70.6 Å². The Bertz CT molecular complexity index is 383. The summed E-state index contributed by atoms with van der Waals surface area (Å²) in [7, 11) is 0. The first kappa shape index (κ1) is 17.6. The minimum atomic E-state index is -0.425. The van der Waals surface area contributed by atoms with Crippen molar-refractivity contribution < 1.29 is 9.53 Å². The zero-order valence-corrected chi connectivity index (χ0v) is 15.0. The zero-order valence-electron chi connectivity index (χ0n) is 15.0. The monoisotopic (exact) mass is 310 g/mol. The lowest BCUT2D eigenvalue weighted by molar-refractivity contribution is 0.0488. The Balaban J connectivity index is 1.74. The Kier molecular flexibility index (Phi) is 5.41. The minimum absolute atomic E-state index is 0.246. The molecule has 2 aliphatic carbocycles. The third-order valence-electron chi connectivity index (χ3n) is 5.25. The van der Waals surface area contributed by atoms with Crippen LogP contribution in [0.5, 0.6) is 0 Å². The van der Waals surface area contributed by atoms with Gasteiger partial charge in [0, 0.05) is 18.6 Å². The van der Waals surface area contributed by atoms with Crippen LogP contribution >= 0.6 is 0 Å². The Labute approximate surface area is 135 Å². The molecule has 2 aliphatic rings. The molecule has 2 atom stereocenters. The first-order chi connectivity index (χ1) is 10.2. The molecule has 2 rings (SSSR count). The number of ether oxygens (including phenoxy) is 1. The summed E-state index contributed by atoms with van der Waals surface area (Å²) in [5.41, 5.74) is 0.123. The average Bonchev–Trinajstić information content (AvgIpc) is 3.15. The van der Waals surface area contributed by atoms with Gasteiger partial charge < -0.3 is 15.4 Å². The molecule has 0 aromatic heterocycles. The molecule has 2 saturated carbocycles. The topological polar surface area (TPSA) is 50.4 Å². The normalized spacial score (nSPS) is 27.5. The van der Waals surface area contributed by atoms with Crippen LogP contribution in [0.4, 0.5) is 4.79 Å². The van der Waals surface area contributed by atoms with Crippen molar-refractivity contribution in [3.05, 3.63) is 0 Å². The maximum Gasteiger partial charge on any atom is 0.407 e. The lowest BCUT2D eigenvalue weighted by Gasteiger charge is -2.33. The molecule has 4 nitrogen and oxygen atoms in total. The Morgan fingerprint density at radius 2 is 1.86 bits per heavy atom. The highest BCUT2D eigenvalue weighted by molar-refractivity contribution is 5.68. The second-order valence-electron chi connectivity index (χ2n) is 8.60. The molecule has 0 spiro atoms. The highest BCUT2D eigenvalue weighted by Gasteiger charge is 2.45. The maximum atomic E-state index is 11.9. The molecule has 0 heterocycles. The van der Waals surface area contributed by atoms with E-state index in [0.29, 0.717) is 11.5 Å². The number of alkyl carbamates (subject to hydrolysis) is 1. The summed E-state index contributed by atoms with van der Waals surface area (Å²) in [4.78, 5) is 11.9. The van der Waals surface area contributed by atoms with E-state index in [2.05, 4.69) is 24.5 Å². The van der Waals surface area contributed by atoms with Gasteiger partial charge >= 0.3 is 6.09 Å². The van der Waals surface area contributed by atoms with E-state index in [1.807, 2.05) is 20.8 Å². The first-order valence-electron chi connectivity index (χ1n) is 8.93. The fraction of sp³-hybridized carbons (Fsp3) is 0.944. The van der Waals surface area contributed by atoms with E-state index < -0.39 is 5.60 Å². The molecule has 0 aliphatic heterocycles. The van der Waals surface area contributed by atoms with Crippen molar-refractivity contribution in [3.8, 4) is 0 Å². The van der Waals surface area contributed by atoms with Crippen LogP contribution in [0, 0.1) is 11.3 Å². The Hall–Kier alpha value is -0.770. The van der Waals surface area contributed by atoms with Gasteiger partial charge in [0.25, 0.3) is 0 Å². The third-order valence-corrected chi connectivity index (χ3v) is 5.25. The van der Waals surface area contributed by atoms with Crippen LogP contribution < -0.4 is 10.6 Å². The van der Waals surface area contributed by atoms with Crippen LogP contribution in [0.3, 0.4) is 0 Å². The minimum Gasteiger partial charge on any atom is -0.444 e. The van der Waals surface area contributed by atoms with Crippen LogP contribution in [-0.4, -0.2) is 30.3 Å². The van der Waals surface area contributed by atoms with E-state index in [1.54, 1.807) is 0 Å². The first-order valence-corrected chi connectivity index (χ1v) is 8.93. The maximum absolute atomic E-state index is 11.9. The van der Waals surface area contributed by atoms with Gasteiger partial charge in [-0.25, -0.2) is 4.79 Å². The molecule has 0 aromatic carbocycles. The molecular weight excluding hydrogens is 276 g/mol. The third kappa shape index (κ3) is 5.15. The number of nitrogens with one attached hydrogen (secondary N) is 2. The summed E-state index contributed by atoms with van der Waals surface area (Å²) in [5.74, 6) is 0.763. The molecule has 2 unspecified atom stereocenters. The molecule has 22 heavy (non-hydrogen) atoms. The number of rotatable bonds is 5. The molecule has 128 valence electrons. The lowest BCUT2D eigenvalue weighted by Crippen LogP contribution is -2.46. The second-order valence-corrected chi connectivity index (χ2v) is 8.60. The highest BCUT2D eigenvalue weighted by Crippen LogP contribution is 2.51. The SMILES string of the molecule is CC(C)C1(CNC2CCCC(NC(=O)OC(C)(C)C)C2)CC1. The van der Waals surface area contributed by atoms with E-state index in [1.165, 1.54) is 25.7 Å². The summed E-state index contributed by atoms with van der Waals surface area (Å²) in [6, 6.07) is 0.778. The van der Waals surface area contributed by atoms with Crippen molar-refractivity contribution in [2.24, 2.45) is 11.3 Å². The van der Waals surface area contributed by atoms with Crippen LogP contribution in [0.25, 0.3) is 0 Å². The van der Waals surface area contributed by atoms with Gasteiger partial charge in [-0.1, -0.05) is 13.8 Å². The second kappa shape index (κ2) is 6.77. The van der Waals surface area contributed by atoms with Crippen LogP contribution in [-0.2, 0) is 4.74 Å². The predicted octanol–water partition coefficient (Wildman–Crippen LogP) is 3.85. The zero-order chi connectivity index (χ0) is 16.4. The van der Waals surface area contributed by atoms with Gasteiger partial charge in [0.15, 0.2) is 0 Å². The van der Waals surface area contributed by atoms with E-state index in [-0.39, 0.29) is 12.1 Å². The Morgan fingerprint density at radius 3 is 2.41 bits per heavy atom. The van der Waals surface area contributed by atoms with Gasteiger partial charge in [-0.3, -0.25) is 0 Å². The summed E-state index contributed by atoms with van der Waals surface area (Å²) in [6.07, 6.45) is 6.93. The molecule has 2 fully saturated rings. The summed E-state index contributed by atoms with van der Waals surface area (Å²) >= 11 is 0. The fourth-order valence-electron chi connectivity index (χ4n) is 3.45. The highest BCUT2D eigenvalue weighted by atomic mass is 16.6. The molecule has 0 radical (unpaired) electrons. The molecule has 2 N–H and O–H groups in total. The average molecular weight is 310 g/mol. The number of carbonyl (C=O) groups excluding carboxylic acids is 1. The Morgan fingerprint density at radius 1 is 1.23 bits per heavy atom. The summed E-state index contributed by atoms with van der Waals surface area (Å²) in [6.45, 7) is 11.5. The standard InChI is InChI=1S/C18H34N2O2/c1-13(2)18(9-10-18)12-19-14-7-6-8-15(11-14)20-16(21)22-17(3,4)5/h13-15,19H,6-12H2,1-5H3,(H,20,21). The van der Waals surface area contributed by atoms with Crippen molar-refractivity contribution in [2.75, 3.05) is 6.54 Å².